The van der Waals surface area contributed by atoms with Crippen molar-refractivity contribution in [2.75, 3.05) is 13.2 Å². The molecule has 128 valence electrons. The van der Waals surface area contributed by atoms with Gasteiger partial charge in [-0.2, -0.15) is 0 Å². The number of aliphatic hydroxyl groups excluding tert-OH is 2. The third-order valence-corrected chi connectivity index (χ3v) is 3.53. The van der Waals surface area contributed by atoms with E-state index >= 15 is 0 Å². The van der Waals surface area contributed by atoms with Crippen molar-refractivity contribution < 1.29 is 24.5 Å². The van der Waals surface area contributed by atoms with Crippen LogP contribution in [0.25, 0.3) is 0 Å². The molecule has 0 spiro atoms. The molecule has 1 amide bonds. The molecule has 1 aromatic heterocycles. The summed E-state index contributed by atoms with van der Waals surface area (Å²) in [4.78, 5) is 36.8. The number of carbonyl (C=O) groups is 1. The van der Waals surface area contributed by atoms with Crippen molar-refractivity contribution >= 4 is 5.91 Å². The fourth-order valence-corrected chi connectivity index (χ4v) is 2.50. The molecule has 2 heterocycles. The lowest BCUT2D eigenvalue weighted by atomic mass is 10.1. The Balaban J connectivity index is 2.44. The van der Waals surface area contributed by atoms with E-state index in [4.69, 9.17) is 15.2 Å². The predicted octanol–water partition coefficient (Wildman–Crippen LogP) is -2.78. The Bertz CT molecular complexity index is 683. The molecule has 0 unspecified atom stereocenters. The smallest absolute Gasteiger partial charge is 0.330 e. The average Bonchev–Trinajstić information content (AvgIpc) is 2.79. The number of nitrogens with zero attached hydrogens (tertiary/aromatic N) is 1. The first-order valence-corrected chi connectivity index (χ1v) is 7.07. The molecule has 0 bridgehead atoms. The van der Waals surface area contributed by atoms with Crippen molar-refractivity contribution in [2.45, 2.75) is 37.9 Å². The summed E-state index contributed by atoms with van der Waals surface area (Å²) in [5.41, 5.74) is 3.54. The van der Waals surface area contributed by atoms with Gasteiger partial charge >= 0.3 is 5.69 Å². The van der Waals surface area contributed by atoms with Gasteiger partial charge in [-0.25, -0.2) is 4.79 Å². The molecule has 10 heteroatoms. The van der Waals surface area contributed by atoms with Crippen LogP contribution in [0.5, 0.6) is 0 Å². The van der Waals surface area contributed by atoms with Crippen LogP contribution in [0.4, 0.5) is 0 Å². The van der Waals surface area contributed by atoms with Gasteiger partial charge in [-0.3, -0.25) is 19.1 Å². The number of aromatic amines is 1. The molecule has 10 nitrogen and oxygen atoms in total. The number of ether oxygens (including phenoxy) is 2. The number of amides is 1. The van der Waals surface area contributed by atoms with Crippen molar-refractivity contribution in [3.8, 4) is 0 Å². The summed E-state index contributed by atoms with van der Waals surface area (Å²) in [5.74, 6) is -0.734. The van der Waals surface area contributed by atoms with Gasteiger partial charge in [0.2, 0.25) is 5.91 Å². The molecule has 0 saturated carbocycles. The highest BCUT2D eigenvalue weighted by molar-refractivity contribution is 5.76. The maximum atomic E-state index is 12.0. The van der Waals surface area contributed by atoms with Crippen LogP contribution >= 0.6 is 0 Å². The molecule has 1 fully saturated rings. The van der Waals surface area contributed by atoms with Gasteiger partial charge in [0, 0.05) is 18.4 Å². The van der Waals surface area contributed by atoms with E-state index in [-0.39, 0.29) is 18.6 Å². The fourth-order valence-electron chi connectivity index (χ4n) is 2.50. The van der Waals surface area contributed by atoms with E-state index in [2.05, 4.69) is 4.98 Å². The Morgan fingerprint density at radius 2 is 2.22 bits per heavy atom. The lowest BCUT2D eigenvalue weighted by Crippen LogP contribution is -2.40. The Kier molecular flexibility index (Phi) is 5.31. The number of carbonyl (C=O) groups excluding carboxylic acids is 1. The SMILES string of the molecule is CCO[C@@H]1[C@H](O)[C@@H](CO)O[C@H]1n1cc(CC(N)=O)c(=O)[nH]c1=O. The summed E-state index contributed by atoms with van der Waals surface area (Å²) in [6.07, 6.45) is -3.26. The molecule has 0 aliphatic carbocycles. The van der Waals surface area contributed by atoms with Crippen LogP contribution in [0, 0.1) is 0 Å². The van der Waals surface area contributed by atoms with E-state index in [9.17, 15) is 24.6 Å². The Labute approximate surface area is 130 Å². The van der Waals surface area contributed by atoms with Crippen LogP contribution < -0.4 is 17.0 Å². The van der Waals surface area contributed by atoms with Crippen LogP contribution in [-0.2, 0) is 20.7 Å². The van der Waals surface area contributed by atoms with Crippen LogP contribution in [0.15, 0.2) is 15.8 Å². The van der Waals surface area contributed by atoms with Gasteiger partial charge in [0.25, 0.3) is 5.56 Å². The normalized spacial score (nSPS) is 27.3. The topological polar surface area (TPSA) is 157 Å². The third kappa shape index (κ3) is 3.50. The first-order valence-electron chi connectivity index (χ1n) is 7.07. The molecule has 5 N–H and O–H groups in total. The average molecular weight is 329 g/mol. The minimum absolute atomic E-state index is 0.0158. The molecule has 2 rings (SSSR count). The van der Waals surface area contributed by atoms with Crippen LogP contribution in [0.1, 0.15) is 18.7 Å². The standard InChI is InChI=1S/C13H19N3O7/c1-2-22-10-9(19)7(5-17)23-12(10)16-4-6(3-8(14)18)11(20)15-13(16)21/h4,7,9-10,12,17,19H,2-3,5H2,1H3,(H2,14,18)(H,15,20,21)/t7-,9-,10-,12-/m1/s1. The van der Waals surface area contributed by atoms with Crippen molar-refractivity contribution in [1.82, 2.24) is 9.55 Å². The van der Waals surface area contributed by atoms with Gasteiger partial charge in [-0.1, -0.05) is 0 Å². The molecular formula is C13H19N3O7. The van der Waals surface area contributed by atoms with Crippen molar-refractivity contribution in [2.24, 2.45) is 5.73 Å². The molecule has 23 heavy (non-hydrogen) atoms. The van der Waals surface area contributed by atoms with Gasteiger partial charge in [-0.05, 0) is 6.92 Å². The van der Waals surface area contributed by atoms with Crippen LogP contribution in [0.2, 0.25) is 0 Å². The van der Waals surface area contributed by atoms with E-state index in [0.717, 1.165) is 10.8 Å². The van der Waals surface area contributed by atoms with Gasteiger partial charge < -0.3 is 25.4 Å². The quantitative estimate of drug-likeness (QED) is 0.439. The minimum Gasteiger partial charge on any atom is -0.394 e. The molecular weight excluding hydrogens is 310 g/mol. The number of hydrogen-bond donors (Lipinski definition) is 4. The van der Waals surface area contributed by atoms with E-state index in [1.54, 1.807) is 6.92 Å². The molecule has 0 radical (unpaired) electrons. The van der Waals surface area contributed by atoms with Crippen LogP contribution in [0.3, 0.4) is 0 Å². The predicted molar refractivity (Wildman–Crippen MR) is 76.6 cm³/mol. The number of aromatic nitrogens is 2. The second kappa shape index (κ2) is 7.04. The Morgan fingerprint density at radius 3 is 2.78 bits per heavy atom. The maximum Gasteiger partial charge on any atom is 0.330 e. The lowest BCUT2D eigenvalue weighted by molar-refractivity contribution is -0.117. The second-order valence-electron chi connectivity index (χ2n) is 5.12. The number of nitrogens with two attached hydrogens (primary N) is 1. The summed E-state index contributed by atoms with van der Waals surface area (Å²) < 4.78 is 11.9. The van der Waals surface area contributed by atoms with Gasteiger partial charge in [0.15, 0.2) is 6.23 Å². The number of nitrogens with one attached hydrogen (secondary N) is 1. The summed E-state index contributed by atoms with van der Waals surface area (Å²) in [6.45, 7) is 1.48. The van der Waals surface area contributed by atoms with E-state index in [1.165, 1.54) is 0 Å². The lowest BCUT2D eigenvalue weighted by Gasteiger charge is -2.22. The van der Waals surface area contributed by atoms with Crippen molar-refractivity contribution in [3.05, 3.63) is 32.6 Å². The molecule has 0 aromatic carbocycles. The first-order chi connectivity index (χ1) is 10.9. The summed E-state index contributed by atoms with van der Waals surface area (Å²) >= 11 is 0. The maximum absolute atomic E-state index is 12.0. The highest BCUT2D eigenvalue weighted by Gasteiger charge is 2.45. The van der Waals surface area contributed by atoms with Gasteiger partial charge in [0.1, 0.15) is 18.3 Å². The van der Waals surface area contributed by atoms with E-state index in [0.29, 0.717) is 0 Å². The van der Waals surface area contributed by atoms with Crippen molar-refractivity contribution in [3.63, 3.8) is 0 Å². The number of aliphatic hydroxyl groups is 2. The molecule has 1 aliphatic rings. The van der Waals surface area contributed by atoms with E-state index in [1.807, 2.05) is 0 Å². The summed E-state index contributed by atoms with van der Waals surface area (Å²) in [5, 5.41) is 19.3. The largest absolute Gasteiger partial charge is 0.394 e. The highest BCUT2D eigenvalue weighted by atomic mass is 16.6. The zero-order valence-electron chi connectivity index (χ0n) is 12.5. The third-order valence-electron chi connectivity index (χ3n) is 3.53. The number of hydrogen-bond acceptors (Lipinski definition) is 7. The molecule has 1 saturated heterocycles. The number of rotatable bonds is 6. The highest BCUT2D eigenvalue weighted by Crippen LogP contribution is 2.30. The Hall–Kier alpha value is -2.01. The van der Waals surface area contributed by atoms with Crippen molar-refractivity contribution in [1.29, 1.82) is 0 Å². The summed E-state index contributed by atoms with van der Waals surface area (Å²) in [6, 6.07) is 0. The number of primary amides is 1. The minimum atomic E-state index is -1.15. The zero-order chi connectivity index (χ0) is 17.1. The molecule has 4 atom stereocenters. The zero-order valence-corrected chi connectivity index (χ0v) is 12.5. The molecule has 1 aliphatic heterocycles. The number of H-pyrrole nitrogens is 1. The first kappa shape index (κ1) is 17.3. The fraction of sp³-hybridized carbons (Fsp3) is 0.615. The Morgan fingerprint density at radius 1 is 1.52 bits per heavy atom. The molecule has 1 aromatic rings. The van der Waals surface area contributed by atoms with Gasteiger partial charge in [-0.15, -0.1) is 0 Å². The van der Waals surface area contributed by atoms with E-state index < -0.39 is 48.3 Å². The second-order valence-corrected chi connectivity index (χ2v) is 5.12. The van der Waals surface area contributed by atoms with Gasteiger partial charge in [0.05, 0.1) is 13.0 Å². The summed E-state index contributed by atoms with van der Waals surface area (Å²) in [7, 11) is 0. The van der Waals surface area contributed by atoms with Crippen LogP contribution in [-0.4, -0.2) is 57.2 Å². The monoisotopic (exact) mass is 329 g/mol.